The fraction of sp³-hybridized carbons (Fsp3) is 0.100. The number of nitrogens with one attached hydrogen (secondary N) is 1. The van der Waals surface area contributed by atoms with E-state index in [0.29, 0.717) is 5.56 Å². The normalized spacial score (nSPS) is 10.2. The number of methoxy groups -OCH3 is 1. The summed E-state index contributed by atoms with van der Waals surface area (Å²) in [4.78, 5) is 13.6. The number of hydrogen-bond donors (Lipinski definition) is 1. The molecule has 0 fully saturated rings. The molecule has 0 aliphatic rings. The second-order valence-electron chi connectivity index (χ2n) is 2.78. The first-order valence-electron chi connectivity index (χ1n) is 3.95. The molecule has 0 saturated carbocycles. The molecule has 1 aromatic carbocycles. The number of carbonyl (C=O) groups excluding carboxylic acids is 1. The minimum Gasteiger partial charge on any atom is -0.496 e. The van der Waals surface area contributed by atoms with Crippen LogP contribution in [0.15, 0.2) is 24.4 Å². The summed E-state index contributed by atoms with van der Waals surface area (Å²) in [7, 11) is 1.59. The average molecular weight is 175 g/mol. The third-order valence-corrected chi connectivity index (χ3v) is 2.01. The predicted octanol–water partition coefficient (Wildman–Crippen LogP) is 1.99. The molecule has 0 spiro atoms. The van der Waals surface area contributed by atoms with Crippen molar-refractivity contribution in [2.75, 3.05) is 7.11 Å². The fourth-order valence-corrected chi connectivity index (χ4v) is 1.39. The number of aromatic amines is 1. The standard InChI is InChI=1S/C10H9NO2/c1-13-10-5-7(6-12)4-9-8(10)2-3-11-9/h2-6,11H,1H3. The van der Waals surface area contributed by atoms with E-state index in [9.17, 15) is 4.79 Å². The molecular weight excluding hydrogens is 166 g/mol. The number of rotatable bonds is 2. The van der Waals surface area contributed by atoms with E-state index in [1.54, 1.807) is 19.2 Å². The average Bonchev–Trinajstić information content (AvgIpc) is 2.63. The molecule has 3 nitrogen and oxygen atoms in total. The number of fused-ring (bicyclic) bond motifs is 1. The zero-order chi connectivity index (χ0) is 9.26. The van der Waals surface area contributed by atoms with Gasteiger partial charge in [-0.15, -0.1) is 0 Å². The van der Waals surface area contributed by atoms with Crippen LogP contribution in [0.5, 0.6) is 5.75 Å². The summed E-state index contributed by atoms with van der Waals surface area (Å²) in [5, 5.41) is 0.994. The van der Waals surface area contributed by atoms with E-state index in [0.717, 1.165) is 22.9 Å². The van der Waals surface area contributed by atoms with Crippen molar-refractivity contribution in [1.29, 1.82) is 0 Å². The lowest BCUT2D eigenvalue weighted by atomic mass is 10.1. The highest BCUT2D eigenvalue weighted by Crippen LogP contribution is 2.25. The third-order valence-electron chi connectivity index (χ3n) is 2.01. The van der Waals surface area contributed by atoms with Crippen LogP contribution < -0.4 is 4.74 Å². The van der Waals surface area contributed by atoms with Crippen LogP contribution in [0, 0.1) is 0 Å². The quantitative estimate of drug-likeness (QED) is 0.709. The third kappa shape index (κ3) is 1.18. The van der Waals surface area contributed by atoms with Crippen LogP contribution in [0.3, 0.4) is 0 Å². The molecule has 0 saturated heterocycles. The van der Waals surface area contributed by atoms with E-state index in [1.165, 1.54) is 0 Å². The topological polar surface area (TPSA) is 42.1 Å². The van der Waals surface area contributed by atoms with Gasteiger partial charge in [0.15, 0.2) is 0 Å². The van der Waals surface area contributed by atoms with Gasteiger partial charge < -0.3 is 9.72 Å². The minimum atomic E-state index is 0.617. The lowest BCUT2D eigenvalue weighted by Gasteiger charge is -2.02. The molecule has 2 aromatic rings. The van der Waals surface area contributed by atoms with E-state index < -0.39 is 0 Å². The Morgan fingerprint density at radius 3 is 3.00 bits per heavy atom. The summed E-state index contributed by atoms with van der Waals surface area (Å²) in [5.74, 6) is 0.723. The second kappa shape index (κ2) is 2.94. The van der Waals surface area contributed by atoms with Crippen molar-refractivity contribution in [1.82, 2.24) is 4.98 Å². The summed E-state index contributed by atoms with van der Waals surface area (Å²) >= 11 is 0. The Bertz CT molecular complexity index is 445. The van der Waals surface area contributed by atoms with Gasteiger partial charge in [-0.05, 0) is 18.2 Å². The van der Waals surface area contributed by atoms with Crippen LogP contribution in [0.4, 0.5) is 0 Å². The Labute approximate surface area is 75.3 Å². The molecule has 1 N–H and O–H groups in total. The van der Waals surface area contributed by atoms with Gasteiger partial charge in [-0.25, -0.2) is 0 Å². The zero-order valence-electron chi connectivity index (χ0n) is 7.20. The van der Waals surface area contributed by atoms with Gasteiger partial charge in [-0.1, -0.05) is 0 Å². The number of benzene rings is 1. The van der Waals surface area contributed by atoms with Crippen molar-refractivity contribution in [2.24, 2.45) is 0 Å². The Balaban J connectivity index is 2.77. The van der Waals surface area contributed by atoms with E-state index in [-0.39, 0.29) is 0 Å². The van der Waals surface area contributed by atoms with Crippen LogP contribution in [0.1, 0.15) is 10.4 Å². The summed E-state index contributed by atoms with van der Waals surface area (Å²) in [6.45, 7) is 0. The molecule has 0 bridgehead atoms. The Morgan fingerprint density at radius 1 is 1.46 bits per heavy atom. The second-order valence-corrected chi connectivity index (χ2v) is 2.78. The SMILES string of the molecule is COc1cc(C=O)cc2[nH]ccc12. The fourth-order valence-electron chi connectivity index (χ4n) is 1.39. The zero-order valence-corrected chi connectivity index (χ0v) is 7.20. The molecular formula is C10H9NO2. The molecule has 1 heterocycles. The number of H-pyrrole nitrogens is 1. The van der Waals surface area contributed by atoms with Crippen molar-refractivity contribution < 1.29 is 9.53 Å². The maximum atomic E-state index is 10.6. The number of ether oxygens (including phenoxy) is 1. The van der Waals surface area contributed by atoms with Crippen molar-refractivity contribution in [3.8, 4) is 5.75 Å². The van der Waals surface area contributed by atoms with Gasteiger partial charge >= 0.3 is 0 Å². The Kier molecular flexibility index (Phi) is 1.77. The van der Waals surface area contributed by atoms with Gasteiger partial charge in [0.05, 0.1) is 7.11 Å². The highest BCUT2D eigenvalue weighted by Gasteiger charge is 2.03. The summed E-state index contributed by atoms with van der Waals surface area (Å²) in [6.07, 6.45) is 2.63. The molecule has 3 heteroatoms. The molecule has 0 unspecified atom stereocenters. The molecule has 13 heavy (non-hydrogen) atoms. The maximum absolute atomic E-state index is 10.6. The largest absolute Gasteiger partial charge is 0.496 e. The first kappa shape index (κ1) is 7.86. The highest BCUT2D eigenvalue weighted by atomic mass is 16.5. The van der Waals surface area contributed by atoms with Crippen molar-refractivity contribution in [3.63, 3.8) is 0 Å². The summed E-state index contributed by atoms with van der Waals surface area (Å²) in [5.41, 5.74) is 1.54. The van der Waals surface area contributed by atoms with Crippen molar-refractivity contribution in [3.05, 3.63) is 30.0 Å². The molecule has 0 aliphatic carbocycles. The van der Waals surface area contributed by atoms with Gasteiger partial charge in [0, 0.05) is 22.7 Å². The Hall–Kier alpha value is -1.77. The van der Waals surface area contributed by atoms with Crippen LogP contribution in [0.2, 0.25) is 0 Å². The molecule has 1 aromatic heterocycles. The van der Waals surface area contributed by atoms with Crippen LogP contribution >= 0.6 is 0 Å². The van der Waals surface area contributed by atoms with Gasteiger partial charge in [0.1, 0.15) is 12.0 Å². The monoisotopic (exact) mass is 175 g/mol. The van der Waals surface area contributed by atoms with Crippen LogP contribution in [-0.4, -0.2) is 18.4 Å². The number of carbonyl (C=O) groups is 1. The molecule has 0 radical (unpaired) electrons. The molecule has 66 valence electrons. The molecule has 0 amide bonds. The van der Waals surface area contributed by atoms with E-state index >= 15 is 0 Å². The van der Waals surface area contributed by atoms with Gasteiger partial charge in [-0.2, -0.15) is 0 Å². The minimum absolute atomic E-state index is 0.617. The van der Waals surface area contributed by atoms with Gasteiger partial charge in [0.25, 0.3) is 0 Å². The highest BCUT2D eigenvalue weighted by molar-refractivity contribution is 5.91. The lowest BCUT2D eigenvalue weighted by Crippen LogP contribution is -1.86. The Morgan fingerprint density at radius 2 is 2.31 bits per heavy atom. The lowest BCUT2D eigenvalue weighted by molar-refractivity contribution is 0.112. The number of aldehydes is 1. The van der Waals surface area contributed by atoms with Crippen LogP contribution in [-0.2, 0) is 0 Å². The predicted molar refractivity (Wildman–Crippen MR) is 50.2 cm³/mol. The maximum Gasteiger partial charge on any atom is 0.150 e. The molecule has 0 aliphatic heterocycles. The summed E-state index contributed by atoms with van der Waals surface area (Å²) in [6, 6.07) is 5.44. The first-order valence-corrected chi connectivity index (χ1v) is 3.95. The van der Waals surface area contributed by atoms with E-state index in [1.807, 2.05) is 12.3 Å². The van der Waals surface area contributed by atoms with Crippen molar-refractivity contribution >= 4 is 17.2 Å². The number of hydrogen-bond acceptors (Lipinski definition) is 2. The molecule has 2 rings (SSSR count). The van der Waals surface area contributed by atoms with Gasteiger partial charge in [0.2, 0.25) is 0 Å². The molecule has 0 atom stereocenters. The van der Waals surface area contributed by atoms with E-state index in [4.69, 9.17) is 4.74 Å². The summed E-state index contributed by atoms with van der Waals surface area (Å²) < 4.78 is 5.15. The first-order chi connectivity index (χ1) is 6.35. The van der Waals surface area contributed by atoms with Gasteiger partial charge in [-0.3, -0.25) is 4.79 Å². The van der Waals surface area contributed by atoms with Crippen molar-refractivity contribution in [2.45, 2.75) is 0 Å². The number of aromatic nitrogens is 1. The van der Waals surface area contributed by atoms with Crippen LogP contribution in [0.25, 0.3) is 10.9 Å². The van der Waals surface area contributed by atoms with E-state index in [2.05, 4.69) is 4.98 Å². The smallest absolute Gasteiger partial charge is 0.150 e.